The van der Waals surface area contributed by atoms with Crippen LogP contribution in [0.1, 0.15) is 85.5 Å². The van der Waals surface area contributed by atoms with Crippen molar-refractivity contribution < 1.29 is 27.5 Å². The lowest BCUT2D eigenvalue weighted by molar-refractivity contribution is -0.135. The fourth-order valence-corrected chi connectivity index (χ4v) is 8.93. The van der Waals surface area contributed by atoms with Gasteiger partial charge in [0.1, 0.15) is 18.0 Å². The van der Waals surface area contributed by atoms with Crippen LogP contribution >= 0.6 is 11.6 Å². The standard InChI is InChI=1S/C36H46ClN3O6S/c1-23-7-6-14-36(22-41,45-3)31-12-10-26(31)20-40-16-5-4-8-25-17-29(37)11-9-27(25)21-46-34-30(32-13-15-38-32)18-28(19-33(34)40)35(42)39-47(43,44)24(23)2/h6,9,11,14,17-19,22-24,26,31-32,38H,4-5,7-8,10,12-13,15-16,20-21H2,1-3H3,(H,39,42)/b14-6+/t23-,24+,26-,31+,32?,36-/m0/s1. The number of aldehydes is 1. The van der Waals surface area contributed by atoms with Crippen molar-refractivity contribution in [3.63, 3.8) is 0 Å². The molecular weight excluding hydrogens is 638 g/mol. The quantitative estimate of drug-likeness (QED) is 0.311. The zero-order valence-electron chi connectivity index (χ0n) is 27.5. The Balaban J connectivity index is 1.50. The van der Waals surface area contributed by atoms with E-state index in [-0.39, 0.29) is 29.4 Å². The van der Waals surface area contributed by atoms with E-state index in [9.17, 15) is 18.0 Å². The number of carbonyl (C=O) groups excluding carboxylic acids is 2. The summed E-state index contributed by atoms with van der Waals surface area (Å²) in [5.41, 5.74) is 3.00. The van der Waals surface area contributed by atoms with E-state index in [1.54, 1.807) is 26.2 Å². The number of amides is 1. The molecule has 0 aromatic heterocycles. The summed E-state index contributed by atoms with van der Waals surface area (Å²) in [5.74, 6) is -0.154. The minimum atomic E-state index is -4.01. The Morgan fingerprint density at radius 3 is 2.60 bits per heavy atom. The van der Waals surface area contributed by atoms with Gasteiger partial charge in [-0.15, -0.1) is 0 Å². The Kier molecular flexibility index (Phi) is 10.0. The normalized spacial score (nSPS) is 31.7. The van der Waals surface area contributed by atoms with Crippen molar-refractivity contribution in [1.29, 1.82) is 0 Å². The third-order valence-corrected chi connectivity index (χ3v) is 13.1. The SMILES string of the molecule is CO[C@]1(C=O)/C=C/C[C@H](C)[C@@H](C)S(=O)(=O)NC(=O)c2cc(C3CCN3)c3c(c2)N(CCCCc2cc(Cl)ccc2CO3)C[C@@H]2CC[C@H]21. The number of aryl methyl sites for hydroxylation is 1. The smallest absolute Gasteiger partial charge is 0.264 e. The second kappa shape index (κ2) is 13.9. The molecule has 1 unspecified atom stereocenters. The first kappa shape index (κ1) is 34.0. The molecule has 2 aromatic carbocycles. The van der Waals surface area contributed by atoms with Crippen LogP contribution in [0.15, 0.2) is 42.5 Å². The molecule has 3 aliphatic heterocycles. The second-order valence-electron chi connectivity index (χ2n) is 13.7. The number of sulfonamides is 1. The lowest BCUT2D eigenvalue weighted by Gasteiger charge is -2.47. The summed E-state index contributed by atoms with van der Waals surface area (Å²) >= 11 is 6.40. The summed E-state index contributed by atoms with van der Waals surface area (Å²) in [6.45, 7) is 5.96. The molecule has 11 heteroatoms. The minimum Gasteiger partial charge on any atom is -0.486 e. The number of rotatable bonds is 3. The minimum absolute atomic E-state index is 0.0351. The zero-order valence-corrected chi connectivity index (χ0v) is 29.0. The van der Waals surface area contributed by atoms with Crippen molar-refractivity contribution in [3.05, 3.63) is 69.8 Å². The van der Waals surface area contributed by atoms with Gasteiger partial charge in [-0.1, -0.05) is 30.7 Å². The number of nitrogens with zero attached hydrogens (tertiary/aromatic N) is 1. The number of carbonyl (C=O) groups is 2. The summed E-state index contributed by atoms with van der Waals surface area (Å²) in [6.07, 6.45) is 10.3. The Labute approximate surface area is 283 Å². The molecule has 3 heterocycles. The maximum Gasteiger partial charge on any atom is 0.264 e. The fourth-order valence-electron chi connectivity index (χ4n) is 7.45. The topological polar surface area (TPSA) is 114 Å². The molecule has 4 aliphatic rings. The molecule has 9 nitrogen and oxygen atoms in total. The van der Waals surface area contributed by atoms with E-state index in [1.807, 2.05) is 37.3 Å². The number of nitrogens with one attached hydrogen (secondary N) is 2. The highest BCUT2D eigenvalue weighted by Crippen LogP contribution is 2.47. The summed E-state index contributed by atoms with van der Waals surface area (Å²) in [7, 11) is -2.44. The summed E-state index contributed by atoms with van der Waals surface area (Å²) in [6, 6.07) is 9.46. The molecule has 1 amide bonds. The van der Waals surface area contributed by atoms with Crippen molar-refractivity contribution in [2.24, 2.45) is 17.8 Å². The number of benzene rings is 2. The molecule has 2 N–H and O–H groups in total. The van der Waals surface area contributed by atoms with Gasteiger partial charge in [0.15, 0.2) is 6.29 Å². The predicted molar refractivity (Wildman–Crippen MR) is 184 cm³/mol. The summed E-state index contributed by atoms with van der Waals surface area (Å²) < 4.78 is 42.1. The molecule has 2 fully saturated rings. The number of halogens is 1. The van der Waals surface area contributed by atoms with Crippen LogP contribution in [0.2, 0.25) is 5.02 Å². The highest BCUT2D eigenvalue weighted by atomic mass is 35.5. The van der Waals surface area contributed by atoms with Crippen LogP contribution in [-0.4, -0.2) is 58.2 Å². The first-order chi connectivity index (χ1) is 22.5. The third-order valence-electron chi connectivity index (χ3n) is 11.0. The highest BCUT2D eigenvalue weighted by Gasteiger charge is 2.47. The number of hydrogen-bond donors (Lipinski definition) is 2. The first-order valence-electron chi connectivity index (χ1n) is 16.9. The maximum atomic E-state index is 13.8. The third kappa shape index (κ3) is 6.84. The van der Waals surface area contributed by atoms with Gasteiger partial charge in [0.2, 0.25) is 10.0 Å². The van der Waals surface area contributed by atoms with Crippen LogP contribution in [0.25, 0.3) is 0 Å². The molecular formula is C36H46ClN3O6S. The Hall–Kier alpha value is -2.92. The van der Waals surface area contributed by atoms with E-state index >= 15 is 0 Å². The molecule has 6 rings (SSSR count). The van der Waals surface area contributed by atoms with E-state index in [0.29, 0.717) is 36.9 Å². The number of ether oxygens (including phenoxy) is 2. The molecule has 1 saturated heterocycles. The van der Waals surface area contributed by atoms with Gasteiger partial charge >= 0.3 is 0 Å². The Bertz CT molecular complexity index is 1640. The average molecular weight is 684 g/mol. The van der Waals surface area contributed by atoms with Gasteiger partial charge in [-0.2, -0.15) is 0 Å². The van der Waals surface area contributed by atoms with Crippen molar-refractivity contribution in [3.8, 4) is 5.75 Å². The van der Waals surface area contributed by atoms with Crippen LogP contribution in [0.4, 0.5) is 5.69 Å². The zero-order chi connectivity index (χ0) is 33.3. The highest BCUT2D eigenvalue weighted by molar-refractivity contribution is 7.90. The largest absolute Gasteiger partial charge is 0.486 e. The molecule has 0 spiro atoms. The van der Waals surface area contributed by atoms with E-state index in [0.717, 1.165) is 73.7 Å². The summed E-state index contributed by atoms with van der Waals surface area (Å²) in [5, 5.41) is 3.31. The Morgan fingerprint density at radius 2 is 1.91 bits per heavy atom. The molecule has 254 valence electrons. The molecule has 2 bridgehead atoms. The number of hydrogen-bond acceptors (Lipinski definition) is 8. The molecule has 1 saturated carbocycles. The van der Waals surface area contributed by atoms with E-state index in [4.69, 9.17) is 21.1 Å². The van der Waals surface area contributed by atoms with Crippen molar-refractivity contribution in [2.75, 3.05) is 31.6 Å². The molecule has 47 heavy (non-hydrogen) atoms. The van der Waals surface area contributed by atoms with Gasteiger partial charge in [-0.25, -0.2) is 13.1 Å². The van der Waals surface area contributed by atoms with Gasteiger partial charge in [0.25, 0.3) is 5.91 Å². The second-order valence-corrected chi connectivity index (χ2v) is 16.2. The monoisotopic (exact) mass is 683 g/mol. The van der Waals surface area contributed by atoms with Crippen molar-refractivity contribution >= 4 is 39.5 Å². The number of methoxy groups -OCH3 is 1. The van der Waals surface area contributed by atoms with E-state index < -0.39 is 26.8 Å². The van der Waals surface area contributed by atoms with Crippen LogP contribution in [0, 0.1) is 17.8 Å². The molecule has 2 aromatic rings. The first-order valence-corrected chi connectivity index (χ1v) is 18.8. The molecule has 0 radical (unpaired) electrons. The van der Waals surface area contributed by atoms with Crippen molar-refractivity contribution in [2.45, 2.75) is 82.3 Å². The van der Waals surface area contributed by atoms with Crippen LogP contribution in [-0.2, 0) is 32.6 Å². The van der Waals surface area contributed by atoms with Gasteiger partial charge in [-0.05, 0) is 112 Å². The van der Waals surface area contributed by atoms with Gasteiger partial charge in [0.05, 0.1) is 10.9 Å². The van der Waals surface area contributed by atoms with Crippen LogP contribution in [0.3, 0.4) is 0 Å². The van der Waals surface area contributed by atoms with Crippen molar-refractivity contribution in [1.82, 2.24) is 10.0 Å². The molecule has 6 atom stereocenters. The number of anilines is 1. The lowest BCUT2D eigenvalue weighted by Crippen LogP contribution is -2.52. The van der Waals surface area contributed by atoms with Crippen LogP contribution < -0.4 is 19.7 Å². The number of fused-ring (bicyclic) bond motifs is 3. The van der Waals surface area contributed by atoms with Gasteiger partial charge < -0.3 is 19.7 Å². The van der Waals surface area contributed by atoms with E-state index in [1.165, 1.54) is 0 Å². The Morgan fingerprint density at radius 1 is 1.11 bits per heavy atom. The lowest BCUT2D eigenvalue weighted by atomic mass is 9.64. The average Bonchev–Trinajstić information content (AvgIpc) is 3.03. The van der Waals surface area contributed by atoms with Gasteiger partial charge in [0, 0.05) is 48.3 Å². The molecule has 1 aliphatic carbocycles. The van der Waals surface area contributed by atoms with E-state index in [2.05, 4.69) is 14.9 Å². The maximum absolute atomic E-state index is 13.8. The summed E-state index contributed by atoms with van der Waals surface area (Å²) in [4.78, 5) is 28.8. The van der Waals surface area contributed by atoms with Crippen LogP contribution in [0.5, 0.6) is 5.75 Å². The van der Waals surface area contributed by atoms with Gasteiger partial charge in [-0.3, -0.25) is 9.59 Å². The predicted octanol–water partition coefficient (Wildman–Crippen LogP) is 5.75. The number of allylic oxidation sites excluding steroid dienone is 1. The fraction of sp³-hybridized carbons (Fsp3) is 0.556.